The Morgan fingerprint density at radius 3 is 2.60 bits per heavy atom. The molecule has 1 saturated heterocycles. The quantitative estimate of drug-likeness (QED) is 0.842. The molecule has 1 aliphatic rings. The van der Waals surface area contributed by atoms with Gasteiger partial charge in [-0.2, -0.15) is 5.06 Å². The summed E-state index contributed by atoms with van der Waals surface area (Å²) in [6, 6.07) is 7.55. The van der Waals surface area contributed by atoms with Crippen molar-refractivity contribution in [1.29, 1.82) is 0 Å². The summed E-state index contributed by atoms with van der Waals surface area (Å²) >= 11 is 0. The number of ether oxygens (including phenoxy) is 1. The molecule has 0 aliphatic carbocycles. The summed E-state index contributed by atoms with van der Waals surface area (Å²) in [6.07, 6.45) is 1.86. The van der Waals surface area contributed by atoms with E-state index in [-0.39, 0.29) is 11.9 Å². The Morgan fingerprint density at radius 2 is 2.00 bits per heavy atom. The summed E-state index contributed by atoms with van der Waals surface area (Å²) in [5.74, 6) is 0.748. The number of piperidine rings is 1. The highest BCUT2D eigenvalue weighted by Gasteiger charge is 2.26. The van der Waals surface area contributed by atoms with E-state index in [1.165, 1.54) is 0 Å². The number of hydrogen-bond acceptors (Lipinski definition) is 4. The lowest BCUT2D eigenvalue weighted by Gasteiger charge is -2.35. The molecule has 1 aliphatic heterocycles. The van der Waals surface area contributed by atoms with E-state index in [1.54, 1.807) is 20.3 Å². The molecule has 1 fully saturated rings. The van der Waals surface area contributed by atoms with E-state index >= 15 is 0 Å². The molecule has 5 nitrogen and oxygen atoms in total. The Hall–Kier alpha value is -1.59. The van der Waals surface area contributed by atoms with E-state index in [9.17, 15) is 4.79 Å². The molecule has 0 unspecified atom stereocenters. The van der Waals surface area contributed by atoms with Crippen molar-refractivity contribution in [3.63, 3.8) is 0 Å². The van der Waals surface area contributed by atoms with Gasteiger partial charge in [-0.3, -0.25) is 4.79 Å². The van der Waals surface area contributed by atoms with Crippen molar-refractivity contribution >= 4 is 5.91 Å². The van der Waals surface area contributed by atoms with Crippen LogP contribution in [0.25, 0.3) is 0 Å². The van der Waals surface area contributed by atoms with E-state index < -0.39 is 0 Å². The van der Waals surface area contributed by atoms with Gasteiger partial charge < -0.3 is 14.5 Å². The second-order valence-electron chi connectivity index (χ2n) is 4.99. The highest BCUT2D eigenvalue weighted by atomic mass is 16.7. The largest absolute Gasteiger partial charge is 0.497 e. The molecule has 0 spiro atoms. The molecule has 5 heteroatoms. The fraction of sp³-hybridized carbons (Fsp3) is 0.533. The molecule has 1 heterocycles. The number of benzene rings is 1. The predicted molar refractivity (Wildman–Crippen MR) is 76.7 cm³/mol. The van der Waals surface area contributed by atoms with Crippen LogP contribution in [0.3, 0.4) is 0 Å². The maximum Gasteiger partial charge on any atom is 0.253 e. The lowest BCUT2D eigenvalue weighted by atomic mass is 10.0. The molecule has 20 heavy (non-hydrogen) atoms. The summed E-state index contributed by atoms with van der Waals surface area (Å²) in [7, 11) is 5.16. The fourth-order valence-corrected chi connectivity index (χ4v) is 2.54. The summed E-state index contributed by atoms with van der Waals surface area (Å²) in [5.41, 5.74) is 0.668. The SMILES string of the molecule is COc1cccc(C(=O)N(C)C2CCN(OC)CC2)c1. The van der Waals surface area contributed by atoms with Gasteiger partial charge in [-0.25, -0.2) is 0 Å². The van der Waals surface area contributed by atoms with E-state index in [4.69, 9.17) is 9.57 Å². The molecular weight excluding hydrogens is 256 g/mol. The van der Waals surface area contributed by atoms with Crippen LogP contribution < -0.4 is 4.74 Å². The number of carbonyl (C=O) groups is 1. The Kier molecular flexibility index (Phi) is 4.98. The van der Waals surface area contributed by atoms with Crippen LogP contribution in [-0.4, -0.2) is 56.3 Å². The summed E-state index contributed by atoms with van der Waals surface area (Å²) in [5, 5.41) is 1.93. The lowest BCUT2D eigenvalue weighted by Crippen LogP contribution is -2.45. The number of amides is 1. The zero-order chi connectivity index (χ0) is 14.5. The molecule has 0 aromatic heterocycles. The molecular formula is C15H22N2O3. The second-order valence-corrected chi connectivity index (χ2v) is 4.99. The second kappa shape index (κ2) is 6.72. The number of carbonyl (C=O) groups excluding carboxylic acids is 1. The van der Waals surface area contributed by atoms with Gasteiger partial charge in [0.2, 0.25) is 0 Å². The smallest absolute Gasteiger partial charge is 0.253 e. The van der Waals surface area contributed by atoms with Crippen molar-refractivity contribution in [1.82, 2.24) is 9.96 Å². The zero-order valence-electron chi connectivity index (χ0n) is 12.3. The summed E-state index contributed by atoms with van der Waals surface area (Å²) < 4.78 is 5.16. The van der Waals surface area contributed by atoms with Crippen molar-refractivity contribution in [2.75, 3.05) is 34.4 Å². The van der Waals surface area contributed by atoms with Crippen LogP contribution in [0.15, 0.2) is 24.3 Å². The number of rotatable bonds is 4. The molecule has 1 aromatic carbocycles. The Morgan fingerprint density at radius 1 is 1.30 bits per heavy atom. The number of nitrogens with zero attached hydrogens (tertiary/aromatic N) is 2. The average Bonchev–Trinajstić information content (AvgIpc) is 2.53. The number of hydrogen-bond donors (Lipinski definition) is 0. The van der Waals surface area contributed by atoms with Crippen LogP contribution in [0, 0.1) is 0 Å². The molecule has 2 rings (SSSR count). The highest BCUT2D eigenvalue weighted by molar-refractivity contribution is 5.94. The molecule has 1 aromatic rings. The maximum atomic E-state index is 12.5. The third kappa shape index (κ3) is 3.29. The normalized spacial score (nSPS) is 16.9. The third-order valence-electron chi connectivity index (χ3n) is 3.87. The molecule has 0 atom stereocenters. The minimum Gasteiger partial charge on any atom is -0.497 e. The van der Waals surface area contributed by atoms with Gasteiger partial charge in [0, 0.05) is 31.7 Å². The average molecular weight is 278 g/mol. The first-order valence-corrected chi connectivity index (χ1v) is 6.86. The van der Waals surface area contributed by atoms with Crippen LogP contribution in [0.2, 0.25) is 0 Å². The fourth-order valence-electron chi connectivity index (χ4n) is 2.54. The molecule has 0 saturated carbocycles. The zero-order valence-corrected chi connectivity index (χ0v) is 12.3. The van der Waals surface area contributed by atoms with E-state index in [0.29, 0.717) is 11.3 Å². The Labute approximate surface area is 120 Å². The lowest BCUT2D eigenvalue weighted by molar-refractivity contribution is -0.148. The molecule has 0 N–H and O–H groups in total. The van der Waals surface area contributed by atoms with Gasteiger partial charge in [0.05, 0.1) is 14.2 Å². The molecule has 0 radical (unpaired) electrons. The van der Waals surface area contributed by atoms with Crippen molar-refractivity contribution in [2.24, 2.45) is 0 Å². The Bertz CT molecular complexity index is 456. The first-order chi connectivity index (χ1) is 9.65. The number of hydroxylamine groups is 2. The first-order valence-electron chi connectivity index (χ1n) is 6.86. The van der Waals surface area contributed by atoms with Crippen molar-refractivity contribution in [3.8, 4) is 5.75 Å². The highest BCUT2D eigenvalue weighted by Crippen LogP contribution is 2.19. The van der Waals surface area contributed by atoms with Crippen LogP contribution >= 0.6 is 0 Å². The van der Waals surface area contributed by atoms with Gasteiger partial charge in [-0.1, -0.05) is 6.07 Å². The van der Waals surface area contributed by atoms with E-state index in [0.717, 1.165) is 25.9 Å². The molecule has 1 amide bonds. The van der Waals surface area contributed by atoms with Gasteiger partial charge >= 0.3 is 0 Å². The van der Waals surface area contributed by atoms with Crippen molar-refractivity contribution in [3.05, 3.63) is 29.8 Å². The molecule has 110 valence electrons. The maximum absolute atomic E-state index is 12.5. The van der Waals surface area contributed by atoms with Crippen LogP contribution in [-0.2, 0) is 4.84 Å². The number of methoxy groups -OCH3 is 1. The van der Waals surface area contributed by atoms with Crippen molar-refractivity contribution in [2.45, 2.75) is 18.9 Å². The van der Waals surface area contributed by atoms with E-state index in [1.807, 2.05) is 35.2 Å². The van der Waals surface area contributed by atoms with Crippen LogP contribution in [0.5, 0.6) is 5.75 Å². The van der Waals surface area contributed by atoms with Crippen LogP contribution in [0.4, 0.5) is 0 Å². The van der Waals surface area contributed by atoms with Crippen LogP contribution in [0.1, 0.15) is 23.2 Å². The van der Waals surface area contributed by atoms with E-state index in [2.05, 4.69) is 0 Å². The Balaban J connectivity index is 2.01. The predicted octanol–water partition coefficient (Wildman–Crippen LogP) is 1.79. The van der Waals surface area contributed by atoms with Crippen molar-refractivity contribution < 1.29 is 14.4 Å². The topological polar surface area (TPSA) is 42.0 Å². The standard InChI is InChI=1S/C15H22N2O3/c1-16(13-7-9-17(20-3)10-8-13)15(18)12-5-4-6-14(11-12)19-2/h4-6,11,13H,7-10H2,1-3H3. The van der Waals surface area contributed by atoms with Gasteiger partial charge in [-0.15, -0.1) is 0 Å². The molecule has 0 bridgehead atoms. The van der Waals surface area contributed by atoms with Gasteiger partial charge in [0.15, 0.2) is 0 Å². The summed E-state index contributed by atoms with van der Waals surface area (Å²) in [6.45, 7) is 1.72. The third-order valence-corrected chi connectivity index (χ3v) is 3.87. The minimum absolute atomic E-state index is 0.0415. The summed E-state index contributed by atoms with van der Waals surface area (Å²) in [4.78, 5) is 19.5. The monoisotopic (exact) mass is 278 g/mol. The van der Waals surface area contributed by atoms with Gasteiger partial charge in [-0.05, 0) is 31.0 Å². The minimum atomic E-state index is 0.0415. The van der Waals surface area contributed by atoms with Gasteiger partial charge in [0.25, 0.3) is 5.91 Å². The van der Waals surface area contributed by atoms with Gasteiger partial charge in [0.1, 0.15) is 5.75 Å². The first kappa shape index (κ1) is 14.8.